The van der Waals surface area contributed by atoms with E-state index in [1.807, 2.05) is 0 Å². The van der Waals surface area contributed by atoms with Crippen molar-refractivity contribution in [3.63, 3.8) is 0 Å². The maximum absolute atomic E-state index is 11.3. The van der Waals surface area contributed by atoms with Gasteiger partial charge in [0.2, 0.25) is 0 Å². The summed E-state index contributed by atoms with van der Waals surface area (Å²) >= 11 is 0. The fourth-order valence-corrected chi connectivity index (χ4v) is 10.4. The third-order valence-corrected chi connectivity index (χ3v) is 12.7. The molecule has 1 saturated heterocycles. The molecule has 4 aliphatic carbocycles. The van der Waals surface area contributed by atoms with Crippen LogP contribution in [0.4, 0.5) is 0 Å². The molecule has 5 fully saturated rings. The van der Waals surface area contributed by atoms with Gasteiger partial charge in [-0.05, 0) is 136 Å². The Morgan fingerprint density at radius 3 is 2.33 bits per heavy atom. The highest BCUT2D eigenvalue weighted by Crippen LogP contribution is 2.69. The summed E-state index contributed by atoms with van der Waals surface area (Å²) in [6.45, 7) is 11.5. The molecule has 5 aliphatic rings. The van der Waals surface area contributed by atoms with E-state index in [0.717, 1.165) is 75.4 Å². The summed E-state index contributed by atoms with van der Waals surface area (Å²) in [4.78, 5) is 0. The molecule has 0 aromatic heterocycles. The number of hydrogen-bond acceptors (Lipinski definition) is 3. The molecule has 190 valence electrons. The van der Waals surface area contributed by atoms with Gasteiger partial charge in [-0.25, -0.2) is 0 Å². The average molecular weight is 461 g/mol. The van der Waals surface area contributed by atoms with Crippen LogP contribution in [0.1, 0.15) is 111 Å². The zero-order valence-corrected chi connectivity index (χ0v) is 22.0. The molecule has 10 atom stereocenters. The Balaban J connectivity index is 1.28. The van der Waals surface area contributed by atoms with E-state index in [9.17, 15) is 10.2 Å². The summed E-state index contributed by atoms with van der Waals surface area (Å²) in [5, 5.41) is 22.3. The zero-order valence-electron chi connectivity index (χ0n) is 22.0. The van der Waals surface area contributed by atoms with Crippen molar-refractivity contribution in [1.29, 1.82) is 0 Å². The van der Waals surface area contributed by atoms with Gasteiger partial charge in [0.15, 0.2) is 0 Å². The fraction of sp³-hybridized carbons (Fsp3) is 1.00. The van der Waals surface area contributed by atoms with Crippen molar-refractivity contribution in [2.45, 2.75) is 123 Å². The average Bonchev–Trinajstić information content (AvgIpc) is 3.17. The first-order valence-electron chi connectivity index (χ1n) is 14.7. The zero-order chi connectivity index (χ0) is 23.4. The molecule has 0 radical (unpaired) electrons. The van der Waals surface area contributed by atoms with E-state index < -0.39 is 5.60 Å². The van der Waals surface area contributed by atoms with Crippen LogP contribution >= 0.6 is 0 Å². The van der Waals surface area contributed by atoms with Gasteiger partial charge in [-0.15, -0.1) is 0 Å². The molecule has 1 aliphatic heterocycles. The van der Waals surface area contributed by atoms with Crippen molar-refractivity contribution in [2.24, 2.45) is 52.3 Å². The molecule has 2 N–H and O–H groups in total. The van der Waals surface area contributed by atoms with E-state index >= 15 is 0 Å². The van der Waals surface area contributed by atoms with Crippen molar-refractivity contribution in [3.05, 3.63) is 0 Å². The summed E-state index contributed by atoms with van der Waals surface area (Å²) < 4.78 is 5.55. The third-order valence-electron chi connectivity index (χ3n) is 12.7. The lowest BCUT2D eigenvalue weighted by Crippen LogP contribution is -2.56. The molecule has 1 heterocycles. The highest BCUT2D eigenvalue weighted by molar-refractivity contribution is 5.11. The van der Waals surface area contributed by atoms with Gasteiger partial charge in [0, 0.05) is 13.2 Å². The lowest BCUT2D eigenvalue weighted by molar-refractivity contribution is -0.154. The molecular weight excluding hydrogens is 408 g/mol. The second-order valence-electron chi connectivity index (χ2n) is 13.9. The molecule has 1 unspecified atom stereocenters. The van der Waals surface area contributed by atoms with Crippen LogP contribution in [0.3, 0.4) is 0 Å². The Bertz CT molecular complexity index is 688. The van der Waals surface area contributed by atoms with Crippen molar-refractivity contribution in [3.8, 4) is 0 Å². The Morgan fingerprint density at radius 1 is 0.879 bits per heavy atom. The largest absolute Gasteiger partial charge is 0.393 e. The number of rotatable bonds is 5. The summed E-state index contributed by atoms with van der Waals surface area (Å²) in [6, 6.07) is 0. The quantitative estimate of drug-likeness (QED) is 0.486. The van der Waals surface area contributed by atoms with Gasteiger partial charge >= 0.3 is 0 Å². The molecule has 5 rings (SSSR count). The molecule has 0 aromatic rings. The maximum Gasteiger partial charge on any atom is 0.0648 e. The second kappa shape index (κ2) is 9.07. The predicted molar refractivity (Wildman–Crippen MR) is 134 cm³/mol. The molecule has 0 amide bonds. The summed E-state index contributed by atoms with van der Waals surface area (Å²) in [6.07, 6.45) is 15.5. The van der Waals surface area contributed by atoms with E-state index in [1.54, 1.807) is 0 Å². The van der Waals surface area contributed by atoms with Crippen molar-refractivity contribution in [1.82, 2.24) is 0 Å². The highest BCUT2D eigenvalue weighted by Gasteiger charge is 2.61. The lowest BCUT2D eigenvalue weighted by Gasteiger charge is -2.62. The first kappa shape index (κ1) is 24.6. The van der Waals surface area contributed by atoms with Gasteiger partial charge in [-0.1, -0.05) is 27.7 Å². The second-order valence-corrected chi connectivity index (χ2v) is 13.9. The van der Waals surface area contributed by atoms with Crippen molar-refractivity contribution in [2.75, 3.05) is 13.2 Å². The normalized spacial score (nSPS) is 50.2. The maximum atomic E-state index is 11.3. The number of fused-ring (bicyclic) bond motifs is 5. The summed E-state index contributed by atoms with van der Waals surface area (Å²) in [5.74, 6) is 5.06. The van der Waals surface area contributed by atoms with Gasteiger partial charge in [0.25, 0.3) is 0 Å². The molecule has 0 bridgehead atoms. The number of hydrogen-bond donors (Lipinski definition) is 2. The van der Waals surface area contributed by atoms with E-state index in [4.69, 9.17) is 4.74 Å². The number of aliphatic hydroxyl groups excluding tert-OH is 1. The Labute approximate surface area is 203 Å². The Hall–Kier alpha value is -0.120. The smallest absolute Gasteiger partial charge is 0.0648 e. The molecule has 3 heteroatoms. The molecular formula is C30H52O3. The van der Waals surface area contributed by atoms with Crippen molar-refractivity contribution >= 4 is 0 Å². The lowest BCUT2D eigenvalue weighted by atomic mass is 9.43. The minimum absolute atomic E-state index is 0.148. The number of ether oxygens (including phenoxy) is 1. The van der Waals surface area contributed by atoms with Gasteiger partial charge in [-0.3, -0.25) is 0 Å². The van der Waals surface area contributed by atoms with Gasteiger partial charge < -0.3 is 14.9 Å². The van der Waals surface area contributed by atoms with E-state index in [-0.39, 0.29) is 6.10 Å². The van der Waals surface area contributed by atoms with E-state index in [2.05, 4.69) is 27.7 Å². The fourth-order valence-electron chi connectivity index (χ4n) is 10.4. The van der Waals surface area contributed by atoms with Gasteiger partial charge in [0.05, 0.1) is 11.7 Å². The standard InChI is InChI=1S/C30H52O3/c1-5-30(32)15-14-28(3)22(19-30)6-7-23-25-9-8-24(29(25,4)13-10-26(23)28)20(2)27(31)18-21-11-16-33-17-12-21/h20-27,31-32H,5-19H2,1-4H3/t20-,22-,23-,24+,25-,26-,27?,28-,29+,30-/m0/s1. The topological polar surface area (TPSA) is 49.7 Å². The predicted octanol–water partition coefficient (Wildman–Crippen LogP) is 6.60. The van der Waals surface area contributed by atoms with Crippen LogP contribution in [0.15, 0.2) is 0 Å². The van der Waals surface area contributed by atoms with Crippen LogP contribution in [0, 0.1) is 52.3 Å². The van der Waals surface area contributed by atoms with Gasteiger partial charge in [-0.2, -0.15) is 0 Å². The highest BCUT2D eigenvalue weighted by atomic mass is 16.5. The Morgan fingerprint density at radius 2 is 1.61 bits per heavy atom. The van der Waals surface area contributed by atoms with Crippen LogP contribution in [0.5, 0.6) is 0 Å². The molecule has 0 spiro atoms. The number of aliphatic hydroxyl groups is 2. The monoisotopic (exact) mass is 460 g/mol. The van der Waals surface area contributed by atoms with Gasteiger partial charge in [0.1, 0.15) is 0 Å². The Kier molecular flexibility index (Phi) is 6.76. The first-order chi connectivity index (χ1) is 15.7. The van der Waals surface area contributed by atoms with Crippen LogP contribution in [0.25, 0.3) is 0 Å². The van der Waals surface area contributed by atoms with Crippen LogP contribution in [0.2, 0.25) is 0 Å². The molecule has 0 aromatic carbocycles. The molecule has 3 nitrogen and oxygen atoms in total. The molecule has 33 heavy (non-hydrogen) atoms. The SMILES string of the molecule is CC[C@]1(O)CC[C@@]2(C)[C@@H](CC[C@@H]3[C@@H]2CC[C@]2(C)[C@@H]([C@H](C)C(O)CC4CCOCC4)CC[C@@H]32)C1. The molecule has 4 saturated carbocycles. The minimum Gasteiger partial charge on any atom is -0.393 e. The van der Waals surface area contributed by atoms with Crippen molar-refractivity contribution < 1.29 is 14.9 Å². The third kappa shape index (κ3) is 4.14. The minimum atomic E-state index is -0.394. The summed E-state index contributed by atoms with van der Waals surface area (Å²) in [7, 11) is 0. The van der Waals surface area contributed by atoms with E-state index in [0.29, 0.717) is 28.6 Å². The van der Waals surface area contributed by atoms with E-state index in [1.165, 1.54) is 44.9 Å². The van der Waals surface area contributed by atoms with Crippen LogP contribution < -0.4 is 0 Å². The van der Waals surface area contributed by atoms with Crippen LogP contribution in [-0.4, -0.2) is 35.1 Å². The summed E-state index contributed by atoms with van der Waals surface area (Å²) in [5.41, 5.74) is 0.464. The first-order valence-corrected chi connectivity index (χ1v) is 14.7. The van der Waals surface area contributed by atoms with Crippen LogP contribution in [-0.2, 0) is 4.74 Å².